The van der Waals surface area contributed by atoms with Crippen LogP contribution in [0, 0.1) is 0 Å². The van der Waals surface area contributed by atoms with Crippen LogP contribution >= 0.6 is 27.3 Å². The van der Waals surface area contributed by atoms with Gasteiger partial charge in [0, 0.05) is 16.5 Å². The predicted molar refractivity (Wildman–Crippen MR) is 120 cm³/mol. The summed E-state index contributed by atoms with van der Waals surface area (Å²) in [4.78, 5) is 1.15. The second-order valence-corrected chi connectivity index (χ2v) is 8.83. The van der Waals surface area contributed by atoms with Crippen LogP contribution < -0.4 is 9.47 Å². The summed E-state index contributed by atoms with van der Waals surface area (Å²) in [7, 11) is 0. The van der Waals surface area contributed by atoms with Crippen LogP contribution in [0.25, 0.3) is 0 Å². The minimum Gasteiger partial charge on any atom is -0.490 e. The number of nitrogens with zero attached hydrogens (tertiary/aromatic N) is 2. The van der Waals surface area contributed by atoms with Gasteiger partial charge in [0.25, 0.3) is 0 Å². The van der Waals surface area contributed by atoms with Crippen LogP contribution in [-0.4, -0.2) is 17.3 Å². The molecular formula is C23H19BrN2O2S. The molecule has 0 unspecified atom stereocenters. The van der Waals surface area contributed by atoms with Crippen LogP contribution in [0.5, 0.6) is 11.5 Å². The molecule has 0 aliphatic carbocycles. The lowest BCUT2D eigenvalue weighted by atomic mass is 9.96. The Morgan fingerprint density at radius 2 is 2.10 bits per heavy atom. The molecule has 3 aromatic rings. The van der Waals surface area contributed by atoms with Gasteiger partial charge in [-0.25, -0.2) is 5.01 Å². The Balaban J connectivity index is 1.50. The first kappa shape index (κ1) is 18.5. The topological polar surface area (TPSA) is 34.1 Å². The number of ether oxygens (including phenoxy) is 2. The summed E-state index contributed by atoms with van der Waals surface area (Å²) in [5, 5.41) is 9.18. The molecule has 0 saturated heterocycles. The van der Waals surface area contributed by atoms with E-state index in [4.69, 9.17) is 14.6 Å². The predicted octanol–water partition coefficient (Wildman–Crippen LogP) is 6.32. The molecule has 2 aliphatic heterocycles. The first-order valence-electron chi connectivity index (χ1n) is 9.42. The summed E-state index contributed by atoms with van der Waals surface area (Å²) < 4.78 is 13.0. The van der Waals surface area contributed by atoms with E-state index >= 15 is 0 Å². The van der Waals surface area contributed by atoms with Crippen molar-refractivity contribution in [2.24, 2.45) is 5.10 Å². The van der Waals surface area contributed by atoms with Crippen LogP contribution in [0.3, 0.4) is 0 Å². The van der Waals surface area contributed by atoms with Crippen molar-refractivity contribution < 1.29 is 9.47 Å². The van der Waals surface area contributed by atoms with Crippen molar-refractivity contribution in [1.29, 1.82) is 0 Å². The number of hydrogen-bond donors (Lipinski definition) is 0. The molecule has 3 heterocycles. The zero-order valence-corrected chi connectivity index (χ0v) is 18.0. The summed E-state index contributed by atoms with van der Waals surface area (Å²) in [6.45, 7) is 4.19. The number of fused-ring (bicyclic) bond motifs is 3. The lowest BCUT2D eigenvalue weighted by molar-refractivity contribution is -0.0166. The van der Waals surface area contributed by atoms with Crippen LogP contribution in [0.1, 0.15) is 34.7 Å². The average Bonchev–Trinajstić information content (AvgIpc) is 3.42. The molecule has 146 valence electrons. The molecule has 0 N–H and O–H groups in total. The Kier molecular flexibility index (Phi) is 4.89. The molecule has 6 heteroatoms. The van der Waals surface area contributed by atoms with Crippen molar-refractivity contribution in [3.63, 3.8) is 0 Å². The van der Waals surface area contributed by atoms with Gasteiger partial charge in [0.05, 0.1) is 16.6 Å². The fraction of sp³-hybridized carbons (Fsp3) is 0.174. The standard InChI is InChI=1S/C23H19BrN2O2S/c1-2-11-27-17-8-5-15(6-9-17)19-14-20-18-13-16(24)7-10-21(18)28-23(26(20)25-19)22-4-3-12-29-22/h2-10,12-13,20,23H,1,11,14H2/t20-,23-/m0/s1. The maximum atomic E-state index is 6.37. The Morgan fingerprint density at radius 1 is 1.24 bits per heavy atom. The Bertz CT molecular complexity index is 1060. The zero-order chi connectivity index (χ0) is 19.8. The number of halogens is 1. The highest BCUT2D eigenvalue weighted by atomic mass is 79.9. The number of hydrazone groups is 1. The van der Waals surface area contributed by atoms with Crippen molar-refractivity contribution in [3.8, 4) is 11.5 Å². The van der Waals surface area contributed by atoms with Gasteiger partial charge in [-0.2, -0.15) is 5.10 Å². The van der Waals surface area contributed by atoms with Crippen LogP contribution in [0.2, 0.25) is 0 Å². The smallest absolute Gasteiger partial charge is 0.222 e. The van der Waals surface area contributed by atoms with Crippen molar-refractivity contribution in [2.75, 3.05) is 6.61 Å². The maximum Gasteiger partial charge on any atom is 0.222 e. The number of benzene rings is 2. The van der Waals surface area contributed by atoms with Gasteiger partial charge in [-0.1, -0.05) is 34.7 Å². The molecular weight excluding hydrogens is 448 g/mol. The fourth-order valence-electron chi connectivity index (χ4n) is 3.75. The van der Waals surface area contributed by atoms with Gasteiger partial charge in [0.15, 0.2) is 0 Å². The van der Waals surface area contributed by atoms with E-state index in [0.717, 1.165) is 44.1 Å². The van der Waals surface area contributed by atoms with Gasteiger partial charge in [-0.3, -0.25) is 0 Å². The average molecular weight is 467 g/mol. The van der Waals surface area contributed by atoms with E-state index in [2.05, 4.69) is 63.2 Å². The second kappa shape index (κ2) is 7.69. The SMILES string of the molecule is C=CCOc1ccc(C2=NN3[C@@H](C2)c2cc(Br)ccc2O[C@H]3c2cccs2)cc1. The Labute approximate surface area is 182 Å². The third-order valence-corrected chi connectivity index (χ3v) is 6.49. The monoisotopic (exact) mass is 466 g/mol. The fourth-order valence-corrected chi connectivity index (χ4v) is 4.87. The highest BCUT2D eigenvalue weighted by Gasteiger charge is 2.41. The molecule has 0 radical (unpaired) electrons. The largest absolute Gasteiger partial charge is 0.490 e. The molecule has 0 saturated carbocycles. The van der Waals surface area contributed by atoms with Crippen LogP contribution in [-0.2, 0) is 0 Å². The zero-order valence-electron chi connectivity index (χ0n) is 15.6. The molecule has 0 bridgehead atoms. The number of hydrogen-bond acceptors (Lipinski definition) is 5. The van der Waals surface area contributed by atoms with E-state index in [-0.39, 0.29) is 12.3 Å². The molecule has 1 aromatic heterocycles. The molecule has 2 atom stereocenters. The highest BCUT2D eigenvalue weighted by Crippen LogP contribution is 2.48. The summed E-state index contributed by atoms with van der Waals surface area (Å²) in [5.74, 6) is 1.76. The van der Waals surface area contributed by atoms with E-state index in [9.17, 15) is 0 Å². The first-order chi connectivity index (χ1) is 14.2. The van der Waals surface area contributed by atoms with Crippen molar-refractivity contribution in [2.45, 2.75) is 18.7 Å². The summed E-state index contributed by atoms with van der Waals surface area (Å²) in [6, 6.07) is 18.6. The second-order valence-electron chi connectivity index (χ2n) is 6.94. The Hall–Kier alpha value is -2.57. The molecule has 2 aliphatic rings. The van der Waals surface area contributed by atoms with Gasteiger partial charge in [0.1, 0.15) is 18.1 Å². The lowest BCUT2D eigenvalue weighted by Crippen LogP contribution is -2.33. The molecule has 0 spiro atoms. The molecule has 29 heavy (non-hydrogen) atoms. The Morgan fingerprint density at radius 3 is 2.86 bits per heavy atom. The molecule has 0 fully saturated rings. The van der Waals surface area contributed by atoms with Crippen LogP contribution in [0.4, 0.5) is 0 Å². The van der Waals surface area contributed by atoms with Crippen molar-refractivity contribution >= 4 is 33.0 Å². The maximum absolute atomic E-state index is 6.37. The quantitative estimate of drug-likeness (QED) is 0.412. The third-order valence-electron chi connectivity index (χ3n) is 5.09. The molecule has 5 rings (SSSR count). The minimum absolute atomic E-state index is 0.148. The van der Waals surface area contributed by atoms with E-state index < -0.39 is 0 Å². The van der Waals surface area contributed by atoms with Gasteiger partial charge in [-0.15, -0.1) is 11.3 Å². The minimum atomic E-state index is -0.207. The van der Waals surface area contributed by atoms with Crippen LogP contribution in [0.15, 0.2) is 82.2 Å². The third kappa shape index (κ3) is 3.47. The van der Waals surface area contributed by atoms with E-state index in [1.165, 1.54) is 0 Å². The lowest BCUT2D eigenvalue weighted by Gasteiger charge is -2.37. The summed E-state index contributed by atoms with van der Waals surface area (Å²) >= 11 is 5.29. The highest BCUT2D eigenvalue weighted by molar-refractivity contribution is 9.10. The van der Waals surface area contributed by atoms with E-state index in [1.54, 1.807) is 17.4 Å². The van der Waals surface area contributed by atoms with Gasteiger partial charge >= 0.3 is 0 Å². The number of rotatable bonds is 5. The van der Waals surface area contributed by atoms with Gasteiger partial charge < -0.3 is 9.47 Å². The van der Waals surface area contributed by atoms with E-state index in [0.29, 0.717) is 6.61 Å². The molecule has 0 amide bonds. The molecule has 2 aromatic carbocycles. The first-order valence-corrected chi connectivity index (χ1v) is 11.1. The summed E-state index contributed by atoms with van der Waals surface area (Å²) in [6.07, 6.45) is 2.37. The van der Waals surface area contributed by atoms with Gasteiger partial charge in [0.2, 0.25) is 6.23 Å². The summed E-state index contributed by atoms with van der Waals surface area (Å²) in [5.41, 5.74) is 3.33. The van der Waals surface area contributed by atoms with Crippen molar-refractivity contribution in [1.82, 2.24) is 5.01 Å². The van der Waals surface area contributed by atoms with E-state index in [1.807, 2.05) is 24.3 Å². The normalized spacial score (nSPS) is 19.8. The van der Waals surface area contributed by atoms with Gasteiger partial charge in [-0.05, 0) is 59.5 Å². The number of thiophene rings is 1. The molecule has 4 nitrogen and oxygen atoms in total. The van der Waals surface area contributed by atoms with Crippen molar-refractivity contribution in [3.05, 3.63) is 93.1 Å².